The van der Waals surface area contributed by atoms with Crippen molar-refractivity contribution in [2.24, 2.45) is 0 Å². The Balaban J connectivity index is 2.52. The van der Waals surface area contributed by atoms with Gasteiger partial charge >= 0.3 is 0 Å². The Bertz CT molecular complexity index is 507. The molecule has 0 aromatic heterocycles. The lowest BCUT2D eigenvalue weighted by molar-refractivity contribution is 1.59. The summed E-state index contributed by atoms with van der Waals surface area (Å²) in [5.41, 5.74) is 2.92. The highest BCUT2D eigenvalue weighted by Gasteiger charge is 2.02. The number of rotatable bonds is 1. The number of hydrogen-bond acceptors (Lipinski definition) is 0. The fourth-order valence-electron chi connectivity index (χ4n) is 1.46. The number of hydrogen-bond donors (Lipinski definition) is 0. The normalized spacial score (nSPS) is 9.60. The molecule has 15 heavy (non-hydrogen) atoms. The van der Waals surface area contributed by atoms with Crippen LogP contribution in [0.5, 0.6) is 0 Å². The molecular weight excluding hydrogens is 204 g/mol. The lowest BCUT2D eigenvalue weighted by Crippen LogP contribution is -1.81. The van der Waals surface area contributed by atoms with Gasteiger partial charge in [-0.15, -0.1) is 6.42 Å². The molecule has 2 rings (SSSR count). The van der Waals surface area contributed by atoms with E-state index in [-0.39, 0.29) is 0 Å². The van der Waals surface area contributed by atoms with Crippen LogP contribution < -0.4 is 0 Å². The van der Waals surface area contributed by atoms with E-state index in [0.29, 0.717) is 5.02 Å². The van der Waals surface area contributed by atoms with Crippen molar-refractivity contribution in [2.75, 3.05) is 0 Å². The van der Waals surface area contributed by atoms with Crippen molar-refractivity contribution in [3.05, 3.63) is 59.1 Å². The average Bonchev–Trinajstić information content (AvgIpc) is 2.30. The van der Waals surface area contributed by atoms with Crippen molar-refractivity contribution in [3.8, 4) is 23.5 Å². The van der Waals surface area contributed by atoms with Gasteiger partial charge in [-0.3, -0.25) is 0 Å². The van der Waals surface area contributed by atoms with Gasteiger partial charge in [0.05, 0.1) is 0 Å². The third-order valence-electron chi connectivity index (χ3n) is 2.22. The maximum Gasteiger partial charge on any atom is 0.0496 e. The molecule has 0 atom stereocenters. The minimum absolute atomic E-state index is 0.691. The van der Waals surface area contributed by atoms with Gasteiger partial charge < -0.3 is 0 Å². The van der Waals surface area contributed by atoms with Gasteiger partial charge in [0.15, 0.2) is 0 Å². The summed E-state index contributed by atoms with van der Waals surface area (Å²) in [5.74, 6) is 2.56. The highest BCUT2D eigenvalue weighted by Crippen LogP contribution is 2.28. The molecule has 1 heteroatoms. The van der Waals surface area contributed by atoms with E-state index in [1.807, 2.05) is 48.5 Å². The Labute approximate surface area is 94.5 Å². The van der Waals surface area contributed by atoms with Gasteiger partial charge in [0.1, 0.15) is 0 Å². The molecule has 0 aliphatic rings. The van der Waals surface area contributed by atoms with E-state index in [1.54, 1.807) is 0 Å². The van der Waals surface area contributed by atoms with Crippen LogP contribution in [0.15, 0.2) is 48.5 Å². The summed E-state index contributed by atoms with van der Waals surface area (Å²) in [6, 6.07) is 15.7. The van der Waals surface area contributed by atoms with Crippen LogP contribution in [0, 0.1) is 12.3 Å². The van der Waals surface area contributed by atoms with Crippen LogP contribution in [0.2, 0.25) is 5.02 Å². The zero-order valence-corrected chi connectivity index (χ0v) is 8.83. The summed E-state index contributed by atoms with van der Waals surface area (Å²) in [6.45, 7) is 0. The number of halogens is 1. The summed E-state index contributed by atoms with van der Waals surface area (Å²) in [6.07, 6.45) is 5.30. The Kier molecular flexibility index (Phi) is 2.76. The molecule has 0 nitrogen and oxygen atoms in total. The fraction of sp³-hybridized carbons (Fsp3) is 0. The third-order valence-corrected chi connectivity index (χ3v) is 2.53. The maximum atomic E-state index is 6.15. The molecule has 0 bridgehead atoms. The Hall–Kier alpha value is -1.71. The minimum Gasteiger partial charge on any atom is -0.115 e. The average molecular weight is 213 g/mol. The summed E-state index contributed by atoms with van der Waals surface area (Å²) in [7, 11) is 0. The standard InChI is InChI=1S/C14H9Cl/c1-2-11-8-9-13(14(15)10-11)12-6-4-3-5-7-12/h1,3-10H. The first-order valence-corrected chi connectivity index (χ1v) is 5.00. The zero-order valence-electron chi connectivity index (χ0n) is 8.07. The highest BCUT2D eigenvalue weighted by molar-refractivity contribution is 6.33. The lowest BCUT2D eigenvalue weighted by Gasteiger charge is -2.04. The van der Waals surface area contributed by atoms with Crippen LogP contribution in [-0.2, 0) is 0 Å². The van der Waals surface area contributed by atoms with Crippen LogP contribution >= 0.6 is 11.6 Å². The first kappa shape index (κ1) is 9.83. The van der Waals surface area contributed by atoms with Crippen molar-refractivity contribution in [1.29, 1.82) is 0 Å². The van der Waals surface area contributed by atoms with Crippen LogP contribution in [0.1, 0.15) is 5.56 Å². The van der Waals surface area contributed by atoms with Gasteiger partial charge in [0.2, 0.25) is 0 Å². The molecule has 0 saturated carbocycles. The van der Waals surface area contributed by atoms with Crippen molar-refractivity contribution < 1.29 is 0 Å². The van der Waals surface area contributed by atoms with Crippen molar-refractivity contribution >= 4 is 11.6 Å². The number of terminal acetylenes is 1. The van der Waals surface area contributed by atoms with Gasteiger partial charge in [-0.2, -0.15) is 0 Å². The SMILES string of the molecule is C#Cc1ccc(-c2ccccc2)c(Cl)c1. The van der Waals surface area contributed by atoms with Crippen LogP contribution in [0.4, 0.5) is 0 Å². The summed E-state index contributed by atoms with van der Waals surface area (Å²) in [5, 5.41) is 0.691. The Morgan fingerprint density at radius 3 is 2.33 bits per heavy atom. The summed E-state index contributed by atoms with van der Waals surface area (Å²) in [4.78, 5) is 0. The molecule has 0 unspecified atom stereocenters. The van der Waals surface area contributed by atoms with Crippen LogP contribution in [0.25, 0.3) is 11.1 Å². The minimum atomic E-state index is 0.691. The molecule has 2 aromatic carbocycles. The first-order valence-electron chi connectivity index (χ1n) is 4.63. The molecule has 0 aliphatic carbocycles. The Morgan fingerprint density at radius 1 is 1.00 bits per heavy atom. The predicted molar refractivity (Wildman–Crippen MR) is 64.8 cm³/mol. The molecule has 0 N–H and O–H groups in total. The van der Waals surface area contributed by atoms with Crippen LogP contribution in [0.3, 0.4) is 0 Å². The van der Waals surface area contributed by atoms with Gasteiger partial charge in [0.25, 0.3) is 0 Å². The second-order valence-electron chi connectivity index (χ2n) is 3.20. The zero-order chi connectivity index (χ0) is 10.7. The smallest absolute Gasteiger partial charge is 0.0496 e. The summed E-state index contributed by atoms with van der Waals surface area (Å²) >= 11 is 6.15. The Morgan fingerprint density at radius 2 is 1.73 bits per heavy atom. The highest BCUT2D eigenvalue weighted by atomic mass is 35.5. The predicted octanol–water partition coefficient (Wildman–Crippen LogP) is 3.99. The molecule has 0 spiro atoms. The van der Waals surface area contributed by atoms with E-state index < -0.39 is 0 Å². The quantitative estimate of drug-likeness (QED) is 0.627. The molecule has 0 radical (unpaired) electrons. The molecule has 72 valence electrons. The fourth-order valence-corrected chi connectivity index (χ4v) is 1.75. The van der Waals surface area contributed by atoms with E-state index in [9.17, 15) is 0 Å². The largest absolute Gasteiger partial charge is 0.115 e. The molecule has 2 aromatic rings. The second-order valence-corrected chi connectivity index (χ2v) is 3.61. The molecule has 0 heterocycles. The van der Waals surface area contributed by atoms with Gasteiger partial charge in [-0.25, -0.2) is 0 Å². The monoisotopic (exact) mass is 212 g/mol. The van der Waals surface area contributed by atoms with Crippen LogP contribution in [-0.4, -0.2) is 0 Å². The van der Waals surface area contributed by atoms with Crippen molar-refractivity contribution in [2.45, 2.75) is 0 Å². The number of benzene rings is 2. The maximum absolute atomic E-state index is 6.15. The lowest BCUT2D eigenvalue weighted by atomic mass is 10.0. The molecule has 0 aliphatic heterocycles. The van der Waals surface area contributed by atoms with Gasteiger partial charge in [-0.1, -0.05) is 53.9 Å². The van der Waals surface area contributed by atoms with E-state index >= 15 is 0 Å². The van der Waals surface area contributed by atoms with E-state index in [2.05, 4.69) is 5.92 Å². The van der Waals surface area contributed by atoms with Gasteiger partial charge in [-0.05, 0) is 17.7 Å². The van der Waals surface area contributed by atoms with Crippen molar-refractivity contribution in [3.63, 3.8) is 0 Å². The molecular formula is C14H9Cl. The third kappa shape index (κ3) is 2.03. The van der Waals surface area contributed by atoms with Crippen molar-refractivity contribution in [1.82, 2.24) is 0 Å². The van der Waals surface area contributed by atoms with Gasteiger partial charge in [0, 0.05) is 16.1 Å². The molecule has 0 amide bonds. The summed E-state index contributed by atoms with van der Waals surface area (Å²) < 4.78 is 0. The van der Waals surface area contributed by atoms with E-state index in [4.69, 9.17) is 18.0 Å². The molecule has 0 saturated heterocycles. The van der Waals surface area contributed by atoms with E-state index in [1.165, 1.54) is 0 Å². The topological polar surface area (TPSA) is 0 Å². The van der Waals surface area contributed by atoms with E-state index in [0.717, 1.165) is 16.7 Å². The first-order chi connectivity index (χ1) is 7.31. The second kappa shape index (κ2) is 4.21. The molecule has 0 fully saturated rings.